The Balaban J connectivity index is 0.00000132. The van der Waals surface area contributed by atoms with Gasteiger partial charge in [-0.3, -0.25) is 9.69 Å². The monoisotopic (exact) mass is 366 g/mol. The van der Waals surface area contributed by atoms with Crippen molar-refractivity contribution in [2.24, 2.45) is 0 Å². The van der Waals surface area contributed by atoms with Crippen LogP contribution >= 0.6 is 24.8 Å². The van der Waals surface area contributed by atoms with Crippen molar-refractivity contribution in [2.75, 3.05) is 39.8 Å². The van der Waals surface area contributed by atoms with Crippen molar-refractivity contribution in [3.63, 3.8) is 0 Å². The number of rotatable bonds is 4. The van der Waals surface area contributed by atoms with Crippen LogP contribution in [0.25, 0.3) is 0 Å². The van der Waals surface area contributed by atoms with Crippen LogP contribution in [-0.2, 0) is 16.1 Å². The molecule has 2 atom stereocenters. The van der Waals surface area contributed by atoms with Crippen molar-refractivity contribution in [3.05, 3.63) is 18.0 Å². The standard InChI is InChI=1S/C14H22N4O3.2ClH/c1-20-12-8-13(15-9-12)14(19)18-5-3-17(4-6-18)10-11-2-7-21-16-11;;/h2,7,12-13,15H,3-6,8-10H2,1H3;2*1H/t12-,13-;;/m0../s1. The molecule has 1 aromatic rings. The van der Waals surface area contributed by atoms with Crippen molar-refractivity contribution in [1.29, 1.82) is 0 Å². The summed E-state index contributed by atoms with van der Waals surface area (Å²) < 4.78 is 10.1. The molecular formula is C14H24Cl2N4O3. The zero-order chi connectivity index (χ0) is 14.7. The zero-order valence-electron chi connectivity index (χ0n) is 13.1. The minimum absolute atomic E-state index is 0. The van der Waals surface area contributed by atoms with Gasteiger partial charge in [0.05, 0.1) is 17.8 Å². The Labute approximate surface area is 148 Å². The third-order valence-corrected chi connectivity index (χ3v) is 4.28. The van der Waals surface area contributed by atoms with Crippen LogP contribution in [0, 0.1) is 0 Å². The van der Waals surface area contributed by atoms with Crippen molar-refractivity contribution in [2.45, 2.75) is 25.1 Å². The topological polar surface area (TPSA) is 70.8 Å². The number of aromatic nitrogens is 1. The van der Waals surface area contributed by atoms with Gasteiger partial charge in [0.2, 0.25) is 5.91 Å². The third-order valence-electron chi connectivity index (χ3n) is 4.28. The Bertz CT molecular complexity index is 467. The summed E-state index contributed by atoms with van der Waals surface area (Å²) in [6, 6.07) is 1.79. The van der Waals surface area contributed by atoms with E-state index in [2.05, 4.69) is 15.4 Å². The molecule has 2 fully saturated rings. The van der Waals surface area contributed by atoms with Crippen LogP contribution in [0.3, 0.4) is 0 Å². The lowest BCUT2D eigenvalue weighted by Crippen LogP contribution is -2.52. The normalized spacial score (nSPS) is 24.8. The van der Waals surface area contributed by atoms with Gasteiger partial charge in [0.25, 0.3) is 0 Å². The molecule has 7 nitrogen and oxygen atoms in total. The summed E-state index contributed by atoms with van der Waals surface area (Å²) in [5, 5.41) is 7.17. The predicted molar refractivity (Wildman–Crippen MR) is 90.1 cm³/mol. The van der Waals surface area contributed by atoms with E-state index >= 15 is 0 Å². The number of piperazine rings is 1. The molecule has 2 saturated heterocycles. The number of hydrogen-bond acceptors (Lipinski definition) is 6. The van der Waals surface area contributed by atoms with Crippen molar-refractivity contribution in [1.82, 2.24) is 20.3 Å². The number of hydrogen-bond donors (Lipinski definition) is 1. The second-order valence-corrected chi connectivity index (χ2v) is 5.65. The van der Waals surface area contributed by atoms with E-state index in [4.69, 9.17) is 9.26 Å². The second kappa shape index (κ2) is 9.44. The maximum atomic E-state index is 12.4. The first-order valence-electron chi connectivity index (χ1n) is 7.43. The van der Waals surface area contributed by atoms with Crippen LogP contribution in [0.2, 0.25) is 0 Å². The Kier molecular flexibility index (Phi) is 8.28. The van der Waals surface area contributed by atoms with Crippen molar-refractivity contribution >= 4 is 30.7 Å². The Morgan fingerprint density at radius 3 is 2.70 bits per heavy atom. The molecule has 9 heteroatoms. The van der Waals surface area contributed by atoms with Gasteiger partial charge in [-0.2, -0.15) is 0 Å². The Morgan fingerprint density at radius 1 is 1.39 bits per heavy atom. The fourth-order valence-corrected chi connectivity index (χ4v) is 2.97. The summed E-state index contributed by atoms with van der Waals surface area (Å²) in [7, 11) is 1.70. The van der Waals surface area contributed by atoms with Gasteiger partial charge in [-0.1, -0.05) is 5.16 Å². The fraction of sp³-hybridized carbons (Fsp3) is 0.714. The van der Waals surface area contributed by atoms with Crippen LogP contribution in [0.4, 0.5) is 0 Å². The van der Waals surface area contributed by atoms with E-state index in [0.717, 1.165) is 51.4 Å². The summed E-state index contributed by atoms with van der Waals surface area (Å²) in [5.74, 6) is 0.204. The number of halogens is 2. The van der Waals surface area contributed by atoms with E-state index in [9.17, 15) is 4.79 Å². The van der Waals surface area contributed by atoms with Gasteiger partial charge < -0.3 is 19.5 Å². The number of nitrogens with one attached hydrogen (secondary N) is 1. The highest BCUT2D eigenvalue weighted by molar-refractivity contribution is 5.85. The number of nitrogens with zero attached hydrogens (tertiary/aromatic N) is 3. The maximum absolute atomic E-state index is 12.4. The predicted octanol–water partition coefficient (Wildman–Crippen LogP) is 0.539. The first kappa shape index (κ1) is 20.2. The van der Waals surface area contributed by atoms with E-state index in [1.165, 1.54) is 0 Å². The molecule has 2 aliphatic rings. The van der Waals surface area contributed by atoms with Gasteiger partial charge in [0.1, 0.15) is 6.26 Å². The largest absolute Gasteiger partial charge is 0.380 e. The molecule has 0 saturated carbocycles. The summed E-state index contributed by atoms with van der Waals surface area (Å²) >= 11 is 0. The van der Waals surface area contributed by atoms with Crippen LogP contribution in [0.15, 0.2) is 16.9 Å². The molecule has 0 radical (unpaired) electrons. The molecular weight excluding hydrogens is 343 g/mol. The summed E-state index contributed by atoms with van der Waals surface area (Å²) in [4.78, 5) is 16.7. The summed E-state index contributed by atoms with van der Waals surface area (Å²) in [5.41, 5.74) is 0.940. The molecule has 0 bridgehead atoms. The molecule has 0 aliphatic carbocycles. The van der Waals surface area contributed by atoms with Gasteiger partial charge in [-0.05, 0) is 6.42 Å². The molecule has 23 heavy (non-hydrogen) atoms. The Hall–Kier alpha value is -0.860. The maximum Gasteiger partial charge on any atom is 0.239 e. The lowest BCUT2D eigenvalue weighted by atomic mass is 10.1. The van der Waals surface area contributed by atoms with Crippen LogP contribution in [-0.4, -0.2) is 72.8 Å². The summed E-state index contributed by atoms with van der Waals surface area (Å²) in [6.45, 7) is 4.84. The molecule has 0 spiro atoms. The zero-order valence-corrected chi connectivity index (χ0v) is 14.8. The minimum Gasteiger partial charge on any atom is -0.380 e. The highest BCUT2D eigenvalue weighted by Crippen LogP contribution is 2.14. The fourth-order valence-electron chi connectivity index (χ4n) is 2.97. The van der Waals surface area contributed by atoms with Gasteiger partial charge in [-0.15, -0.1) is 24.8 Å². The van der Waals surface area contributed by atoms with E-state index < -0.39 is 0 Å². The number of amides is 1. The molecule has 2 aliphatic heterocycles. The summed E-state index contributed by atoms with van der Waals surface area (Å²) in [6.07, 6.45) is 2.52. The molecule has 3 heterocycles. The van der Waals surface area contributed by atoms with Crippen molar-refractivity contribution in [3.8, 4) is 0 Å². The highest BCUT2D eigenvalue weighted by Gasteiger charge is 2.33. The molecule has 132 valence electrons. The number of carbonyl (C=O) groups excluding carboxylic acids is 1. The smallest absolute Gasteiger partial charge is 0.239 e. The molecule has 1 amide bonds. The highest BCUT2D eigenvalue weighted by atomic mass is 35.5. The molecule has 3 rings (SSSR count). The van der Waals surface area contributed by atoms with Gasteiger partial charge >= 0.3 is 0 Å². The van der Waals surface area contributed by atoms with Gasteiger partial charge in [0, 0.05) is 52.4 Å². The Morgan fingerprint density at radius 2 is 2.13 bits per heavy atom. The quantitative estimate of drug-likeness (QED) is 0.838. The number of carbonyl (C=O) groups is 1. The average Bonchev–Trinajstić information content (AvgIpc) is 3.18. The first-order chi connectivity index (χ1) is 10.3. The second-order valence-electron chi connectivity index (χ2n) is 5.65. The lowest BCUT2D eigenvalue weighted by Gasteiger charge is -2.35. The number of ether oxygens (including phenoxy) is 1. The van der Waals surface area contributed by atoms with E-state index in [0.29, 0.717) is 0 Å². The molecule has 1 aromatic heterocycles. The van der Waals surface area contributed by atoms with Crippen LogP contribution in [0.1, 0.15) is 12.1 Å². The van der Waals surface area contributed by atoms with Crippen LogP contribution < -0.4 is 5.32 Å². The molecule has 1 N–H and O–H groups in total. The minimum atomic E-state index is -0.0861. The lowest BCUT2D eigenvalue weighted by molar-refractivity contribution is -0.135. The van der Waals surface area contributed by atoms with Gasteiger partial charge in [0.15, 0.2) is 0 Å². The van der Waals surface area contributed by atoms with Crippen molar-refractivity contribution < 1.29 is 14.1 Å². The van der Waals surface area contributed by atoms with Crippen LogP contribution in [0.5, 0.6) is 0 Å². The van der Waals surface area contributed by atoms with E-state index in [1.807, 2.05) is 11.0 Å². The van der Waals surface area contributed by atoms with E-state index in [1.54, 1.807) is 13.4 Å². The molecule has 0 aromatic carbocycles. The van der Waals surface area contributed by atoms with Gasteiger partial charge in [-0.25, -0.2) is 0 Å². The third kappa shape index (κ3) is 5.06. The van der Waals surface area contributed by atoms with E-state index in [-0.39, 0.29) is 42.9 Å². The SMILES string of the molecule is CO[C@@H]1CN[C@H](C(=O)N2CCN(Cc3ccon3)CC2)C1.Cl.Cl. The average molecular weight is 367 g/mol. The molecule has 0 unspecified atom stereocenters. The first-order valence-corrected chi connectivity index (χ1v) is 7.43. The number of methoxy groups -OCH3 is 1.